The number of aromatic amines is 1. The van der Waals surface area contributed by atoms with Crippen LogP contribution in [0.2, 0.25) is 0 Å². The van der Waals surface area contributed by atoms with E-state index in [1.165, 1.54) is 18.5 Å². The molecule has 4 aromatic rings. The molecule has 1 aliphatic heterocycles. The summed E-state index contributed by atoms with van der Waals surface area (Å²) >= 11 is 0. The summed E-state index contributed by atoms with van der Waals surface area (Å²) in [6, 6.07) is 20.2. The molecular weight excluding hydrogens is 601 g/mol. The van der Waals surface area contributed by atoms with E-state index in [2.05, 4.69) is 27.5 Å². The Morgan fingerprint density at radius 3 is 2.40 bits per heavy atom. The fraction of sp³-hybridized carbons (Fsp3) is 0.333. The fourth-order valence-corrected chi connectivity index (χ4v) is 5.61. The molecule has 0 aliphatic carbocycles. The zero-order chi connectivity index (χ0) is 33.2. The van der Waals surface area contributed by atoms with Gasteiger partial charge in [-0.2, -0.15) is 0 Å². The predicted molar refractivity (Wildman–Crippen MR) is 174 cm³/mol. The van der Waals surface area contributed by atoms with E-state index in [4.69, 9.17) is 9.47 Å². The Bertz CT molecular complexity index is 1630. The SMILES string of the molecule is CCCCOC1(c2cccc(F)c2)CN(C(=O)C(Cc2ccc(OC)cc2)NC(=O)C(Cc2cnc[nH]2)NC(=O)c2ccccc2)C1. The molecule has 0 bridgehead atoms. The molecule has 47 heavy (non-hydrogen) atoms. The number of rotatable bonds is 15. The van der Waals surface area contributed by atoms with Crippen LogP contribution in [0.25, 0.3) is 0 Å². The zero-order valence-corrected chi connectivity index (χ0v) is 26.6. The van der Waals surface area contributed by atoms with E-state index in [9.17, 15) is 18.8 Å². The number of carbonyl (C=O) groups excluding carboxylic acids is 3. The summed E-state index contributed by atoms with van der Waals surface area (Å²) in [7, 11) is 1.57. The van der Waals surface area contributed by atoms with Crippen molar-refractivity contribution < 1.29 is 28.2 Å². The topological polar surface area (TPSA) is 126 Å². The van der Waals surface area contributed by atoms with Gasteiger partial charge in [-0.25, -0.2) is 9.37 Å². The number of benzene rings is 3. The van der Waals surface area contributed by atoms with E-state index in [1.54, 1.807) is 66.7 Å². The molecule has 0 spiro atoms. The summed E-state index contributed by atoms with van der Waals surface area (Å²) in [6.07, 6.45) is 5.16. The zero-order valence-electron chi connectivity index (χ0n) is 26.6. The Hall–Kier alpha value is -5.03. The van der Waals surface area contributed by atoms with Crippen LogP contribution in [-0.4, -0.2) is 71.5 Å². The highest BCUT2D eigenvalue weighted by Crippen LogP contribution is 2.37. The van der Waals surface area contributed by atoms with Gasteiger partial charge in [-0.15, -0.1) is 0 Å². The molecule has 0 radical (unpaired) electrons. The van der Waals surface area contributed by atoms with Crippen molar-refractivity contribution in [1.29, 1.82) is 0 Å². The molecule has 2 atom stereocenters. The lowest BCUT2D eigenvalue weighted by Crippen LogP contribution is -2.66. The molecule has 10 nitrogen and oxygen atoms in total. The van der Waals surface area contributed by atoms with Crippen molar-refractivity contribution in [3.05, 3.63) is 120 Å². The average Bonchev–Trinajstić information content (AvgIpc) is 3.59. The third-order valence-electron chi connectivity index (χ3n) is 8.28. The summed E-state index contributed by atoms with van der Waals surface area (Å²) in [5, 5.41) is 5.75. The first-order valence-corrected chi connectivity index (χ1v) is 15.8. The Labute approximate surface area is 273 Å². The smallest absolute Gasteiger partial charge is 0.251 e. The van der Waals surface area contributed by atoms with Crippen LogP contribution in [0.5, 0.6) is 5.75 Å². The number of nitrogens with zero attached hydrogens (tertiary/aromatic N) is 2. The lowest BCUT2D eigenvalue weighted by Gasteiger charge is -2.51. The number of unbranched alkanes of at least 4 members (excludes halogenated alkanes) is 1. The Morgan fingerprint density at radius 2 is 1.74 bits per heavy atom. The molecule has 3 aromatic carbocycles. The van der Waals surface area contributed by atoms with Crippen molar-refractivity contribution in [2.75, 3.05) is 26.8 Å². The van der Waals surface area contributed by atoms with Crippen molar-refractivity contribution >= 4 is 17.7 Å². The molecule has 3 N–H and O–H groups in total. The van der Waals surface area contributed by atoms with Crippen LogP contribution in [0.4, 0.5) is 4.39 Å². The van der Waals surface area contributed by atoms with E-state index < -0.39 is 29.5 Å². The predicted octanol–water partition coefficient (Wildman–Crippen LogP) is 4.18. The first-order chi connectivity index (χ1) is 22.8. The van der Waals surface area contributed by atoms with E-state index >= 15 is 0 Å². The molecule has 2 unspecified atom stereocenters. The van der Waals surface area contributed by atoms with Crippen LogP contribution in [0.3, 0.4) is 0 Å². The van der Waals surface area contributed by atoms with E-state index in [1.807, 2.05) is 18.2 Å². The number of likely N-dealkylation sites (tertiary alicyclic amines) is 1. The second-order valence-corrected chi connectivity index (χ2v) is 11.7. The molecule has 5 rings (SSSR count). The van der Waals surface area contributed by atoms with Gasteiger partial charge < -0.3 is 30.0 Å². The third kappa shape index (κ3) is 8.42. The number of hydrogen-bond donors (Lipinski definition) is 3. The summed E-state index contributed by atoms with van der Waals surface area (Å²) in [5.74, 6) is -0.969. The van der Waals surface area contributed by atoms with Gasteiger partial charge in [-0.3, -0.25) is 14.4 Å². The van der Waals surface area contributed by atoms with Gasteiger partial charge in [0, 0.05) is 36.9 Å². The summed E-state index contributed by atoms with van der Waals surface area (Å²) in [5.41, 5.74) is 1.66. The van der Waals surface area contributed by atoms with Gasteiger partial charge in [0.15, 0.2) is 0 Å². The van der Waals surface area contributed by atoms with Crippen molar-refractivity contribution in [2.24, 2.45) is 0 Å². The number of halogens is 1. The second kappa shape index (κ2) is 15.5. The highest BCUT2D eigenvalue weighted by molar-refractivity contribution is 5.98. The molecule has 2 heterocycles. The lowest BCUT2D eigenvalue weighted by molar-refractivity contribution is -0.175. The minimum atomic E-state index is -1.01. The molecule has 1 aliphatic rings. The summed E-state index contributed by atoms with van der Waals surface area (Å²) in [6.45, 7) is 2.94. The maximum Gasteiger partial charge on any atom is 0.251 e. The standard InChI is InChI=1S/C36H40FN5O5/c1-3-4-17-47-36(27-11-8-12-28(37)19-27)22-42(23-36)35(45)32(18-25-13-15-30(46-2)16-14-25)41-34(44)31(20-29-21-38-24-39-29)40-33(43)26-9-6-5-7-10-26/h5-16,19,21,24,31-32H,3-4,17-18,20,22-23H2,1-2H3,(H,38,39)(H,40,43)(H,41,44). The molecule has 0 saturated carbocycles. The molecule has 11 heteroatoms. The number of H-pyrrole nitrogens is 1. The van der Waals surface area contributed by atoms with E-state index in [0.717, 1.165) is 18.4 Å². The number of aromatic nitrogens is 2. The Balaban J connectivity index is 1.38. The van der Waals surface area contributed by atoms with Crippen molar-refractivity contribution in [3.8, 4) is 5.75 Å². The summed E-state index contributed by atoms with van der Waals surface area (Å²) in [4.78, 5) is 49.8. The largest absolute Gasteiger partial charge is 0.497 e. The maximum absolute atomic E-state index is 14.3. The number of ether oxygens (including phenoxy) is 2. The van der Waals surface area contributed by atoms with Gasteiger partial charge in [0.2, 0.25) is 11.8 Å². The summed E-state index contributed by atoms with van der Waals surface area (Å²) < 4.78 is 25.8. The fourth-order valence-electron chi connectivity index (χ4n) is 5.61. The average molecular weight is 642 g/mol. The van der Waals surface area contributed by atoms with Crippen molar-refractivity contribution in [1.82, 2.24) is 25.5 Å². The first kappa shape index (κ1) is 33.3. The number of methoxy groups -OCH3 is 1. The van der Waals surface area contributed by atoms with Gasteiger partial charge in [0.25, 0.3) is 5.91 Å². The van der Waals surface area contributed by atoms with Crippen LogP contribution in [-0.2, 0) is 32.8 Å². The maximum atomic E-state index is 14.3. The molecular formula is C36H40FN5O5. The molecule has 1 fully saturated rings. The van der Waals surface area contributed by atoms with E-state index in [-0.39, 0.29) is 37.7 Å². The van der Waals surface area contributed by atoms with Gasteiger partial charge in [0.1, 0.15) is 29.3 Å². The van der Waals surface area contributed by atoms with Crippen LogP contribution in [0.15, 0.2) is 91.4 Å². The van der Waals surface area contributed by atoms with Gasteiger partial charge >= 0.3 is 0 Å². The number of hydrogen-bond acceptors (Lipinski definition) is 6. The molecule has 3 amide bonds. The Kier molecular flexibility index (Phi) is 11.0. The van der Waals surface area contributed by atoms with Crippen LogP contribution in [0.1, 0.15) is 46.9 Å². The monoisotopic (exact) mass is 641 g/mol. The van der Waals surface area contributed by atoms with Gasteiger partial charge in [0.05, 0.1) is 26.5 Å². The molecule has 1 saturated heterocycles. The number of amides is 3. The quantitative estimate of drug-likeness (QED) is 0.167. The van der Waals surface area contributed by atoms with Crippen molar-refractivity contribution in [3.63, 3.8) is 0 Å². The van der Waals surface area contributed by atoms with Crippen molar-refractivity contribution in [2.45, 2.75) is 50.3 Å². The molecule has 246 valence electrons. The number of imidazole rings is 1. The van der Waals surface area contributed by atoms with Gasteiger partial charge in [-0.1, -0.05) is 55.8 Å². The van der Waals surface area contributed by atoms with Crippen LogP contribution < -0.4 is 15.4 Å². The van der Waals surface area contributed by atoms with Gasteiger partial charge in [-0.05, 0) is 53.9 Å². The van der Waals surface area contributed by atoms with Crippen LogP contribution in [0, 0.1) is 5.82 Å². The lowest BCUT2D eigenvalue weighted by atomic mass is 9.84. The first-order valence-electron chi connectivity index (χ1n) is 15.8. The Morgan fingerprint density at radius 1 is 0.979 bits per heavy atom. The number of carbonyl (C=O) groups is 3. The highest BCUT2D eigenvalue weighted by atomic mass is 19.1. The normalized spacial score (nSPS) is 14.8. The third-order valence-corrected chi connectivity index (χ3v) is 8.28. The highest BCUT2D eigenvalue weighted by Gasteiger charge is 2.49. The second-order valence-electron chi connectivity index (χ2n) is 11.7. The molecule has 1 aromatic heterocycles. The number of nitrogens with one attached hydrogen (secondary N) is 3. The minimum absolute atomic E-state index is 0.130. The van der Waals surface area contributed by atoms with E-state index in [0.29, 0.717) is 29.2 Å². The minimum Gasteiger partial charge on any atom is -0.497 e. The van der Waals surface area contributed by atoms with Crippen LogP contribution >= 0.6 is 0 Å².